The van der Waals surface area contributed by atoms with Crippen molar-refractivity contribution in [2.75, 3.05) is 5.32 Å². The molecule has 0 spiro atoms. The lowest BCUT2D eigenvalue weighted by molar-refractivity contribution is -0.137. The van der Waals surface area contributed by atoms with E-state index in [0.29, 0.717) is 22.4 Å². The Morgan fingerprint density at radius 1 is 1.26 bits per heavy atom. The van der Waals surface area contributed by atoms with Crippen molar-refractivity contribution >= 4 is 21.6 Å². The van der Waals surface area contributed by atoms with Crippen LogP contribution in [0, 0.1) is 5.92 Å². The highest BCUT2D eigenvalue weighted by Crippen LogP contribution is 2.46. The van der Waals surface area contributed by atoms with E-state index in [1.807, 2.05) is 0 Å². The zero-order valence-corrected chi connectivity index (χ0v) is 11.7. The van der Waals surface area contributed by atoms with Crippen LogP contribution in [-0.2, 0) is 6.18 Å². The standard InChI is InChI=1S/C13H14BrF3N2/c14-9-4-7(13(15,16)17)3-8-10(18)5-11(6-1-2-6)19-12(8)9/h3-4,6,10-11,19H,1-2,5,18H2. The van der Waals surface area contributed by atoms with Gasteiger partial charge in [0.15, 0.2) is 0 Å². The van der Waals surface area contributed by atoms with Crippen molar-refractivity contribution in [3.8, 4) is 0 Å². The number of rotatable bonds is 1. The Bertz CT molecular complexity index is 511. The summed E-state index contributed by atoms with van der Waals surface area (Å²) in [6.45, 7) is 0. The van der Waals surface area contributed by atoms with Gasteiger partial charge in [-0.1, -0.05) is 0 Å². The number of anilines is 1. The van der Waals surface area contributed by atoms with Crippen LogP contribution in [0.4, 0.5) is 18.9 Å². The molecule has 1 saturated carbocycles. The molecule has 1 fully saturated rings. The van der Waals surface area contributed by atoms with Gasteiger partial charge >= 0.3 is 6.18 Å². The van der Waals surface area contributed by atoms with Gasteiger partial charge in [0.1, 0.15) is 0 Å². The third kappa shape index (κ3) is 2.48. The van der Waals surface area contributed by atoms with E-state index in [-0.39, 0.29) is 12.1 Å². The second kappa shape index (κ2) is 4.38. The third-order valence-corrected chi connectivity index (χ3v) is 4.50. The Morgan fingerprint density at radius 2 is 1.95 bits per heavy atom. The van der Waals surface area contributed by atoms with Crippen LogP contribution in [0.2, 0.25) is 0 Å². The summed E-state index contributed by atoms with van der Waals surface area (Å²) in [5, 5.41) is 3.34. The molecule has 3 rings (SSSR count). The molecule has 0 bridgehead atoms. The van der Waals surface area contributed by atoms with Gasteiger partial charge < -0.3 is 11.1 Å². The summed E-state index contributed by atoms with van der Waals surface area (Å²) in [5.41, 5.74) is 6.68. The maximum atomic E-state index is 12.8. The molecular weight excluding hydrogens is 321 g/mol. The van der Waals surface area contributed by atoms with Crippen LogP contribution in [0.25, 0.3) is 0 Å². The minimum absolute atomic E-state index is 0.288. The molecule has 2 unspecified atom stereocenters. The first kappa shape index (κ1) is 13.2. The Labute approximate surface area is 117 Å². The largest absolute Gasteiger partial charge is 0.416 e. The average molecular weight is 335 g/mol. The summed E-state index contributed by atoms with van der Waals surface area (Å²) in [7, 11) is 0. The van der Waals surface area contributed by atoms with Gasteiger partial charge in [-0.15, -0.1) is 0 Å². The third-order valence-electron chi connectivity index (χ3n) is 3.88. The van der Waals surface area contributed by atoms with Crippen LogP contribution < -0.4 is 11.1 Å². The Kier molecular flexibility index (Phi) is 3.05. The van der Waals surface area contributed by atoms with Crippen LogP contribution in [0.15, 0.2) is 16.6 Å². The van der Waals surface area contributed by atoms with Crippen molar-refractivity contribution in [1.29, 1.82) is 0 Å². The minimum atomic E-state index is -4.34. The summed E-state index contributed by atoms with van der Waals surface area (Å²) in [4.78, 5) is 0. The zero-order chi connectivity index (χ0) is 13.8. The fourth-order valence-corrected chi connectivity index (χ4v) is 3.28. The van der Waals surface area contributed by atoms with Crippen LogP contribution in [0.1, 0.15) is 36.4 Å². The summed E-state index contributed by atoms with van der Waals surface area (Å²) in [6.07, 6.45) is -1.29. The molecule has 1 heterocycles. The van der Waals surface area contributed by atoms with Gasteiger partial charge in [-0.25, -0.2) is 0 Å². The van der Waals surface area contributed by atoms with Crippen molar-refractivity contribution in [3.63, 3.8) is 0 Å². The van der Waals surface area contributed by atoms with Gasteiger partial charge in [0.25, 0.3) is 0 Å². The molecule has 0 aromatic heterocycles. The number of nitrogens with two attached hydrogens (primary N) is 1. The molecule has 2 nitrogen and oxygen atoms in total. The monoisotopic (exact) mass is 334 g/mol. The van der Waals surface area contributed by atoms with Crippen LogP contribution in [0.5, 0.6) is 0 Å². The highest BCUT2D eigenvalue weighted by Gasteiger charge is 2.38. The molecule has 6 heteroatoms. The molecule has 0 saturated heterocycles. The van der Waals surface area contributed by atoms with E-state index in [0.717, 1.165) is 11.8 Å². The van der Waals surface area contributed by atoms with Gasteiger partial charge in [0.05, 0.1) is 11.3 Å². The van der Waals surface area contributed by atoms with Crippen molar-refractivity contribution < 1.29 is 13.2 Å². The number of hydrogen-bond acceptors (Lipinski definition) is 2. The van der Waals surface area contributed by atoms with Crippen molar-refractivity contribution in [2.45, 2.75) is 37.5 Å². The highest BCUT2D eigenvalue weighted by molar-refractivity contribution is 9.10. The second-order valence-corrected chi connectivity index (χ2v) is 6.20. The van der Waals surface area contributed by atoms with Crippen LogP contribution >= 0.6 is 15.9 Å². The van der Waals surface area contributed by atoms with Gasteiger partial charge in [0.2, 0.25) is 0 Å². The number of hydrogen-bond donors (Lipinski definition) is 2. The van der Waals surface area contributed by atoms with Crippen molar-refractivity contribution in [3.05, 3.63) is 27.7 Å². The molecule has 0 amide bonds. The fraction of sp³-hybridized carbons (Fsp3) is 0.538. The molecule has 1 aromatic rings. The summed E-state index contributed by atoms with van der Waals surface area (Å²) in [6, 6.07) is 2.24. The lowest BCUT2D eigenvalue weighted by Crippen LogP contribution is -2.33. The summed E-state index contributed by atoms with van der Waals surface area (Å²) in [5.74, 6) is 0.619. The molecule has 1 aliphatic carbocycles. The number of halogens is 4. The van der Waals surface area contributed by atoms with E-state index in [1.165, 1.54) is 18.9 Å². The maximum Gasteiger partial charge on any atom is 0.416 e. The first-order valence-electron chi connectivity index (χ1n) is 6.29. The van der Waals surface area contributed by atoms with Crippen LogP contribution in [-0.4, -0.2) is 6.04 Å². The molecular formula is C13H14BrF3N2. The van der Waals surface area contributed by atoms with Gasteiger partial charge in [-0.05, 0) is 58.8 Å². The van der Waals surface area contributed by atoms with Gasteiger partial charge in [0, 0.05) is 16.6 Å². The molecule has 19 heavy (non-hydrogen) atoms. The van der Waals surface area contributed by atoms with Crippen LogP contribution in [0.3, 0.4) is 0 Å². The predicted molar refractivity (Wildman–Crippen MR) is 70.8 cm³/mol. The van der Waals surface area contributed by atoms with E-state index >= 15 is 0 Å². The summed E-state index contributed by atoms with van der Waals surface area (Å²) < 4.78 is 38.8. The normalized spacial score (nSPS) is 26.8. The maximum absolute atomic E-state index is 12.8. The van der Waals surface area contributed by atoms with Gasteiger partial charge in [-0.3, -0.25) is 0 Å². The predicted octanol–water partition coefficient (Wildman–Crippen LogP) is 4.06. The smallest absolute Gasteiger partial charge is 0.381 e. The highest BCUT2D eigenvalue weighted by atomic mass is 79.9. The van der Waals surface area contributed by atoms with E-state index in [2.05, 4.69) is 21.2 Å². The van der Waals surface area contributed by atoms with E-state index in [1.54, 1.807) is 0 Å². The topological polar surface area (TPSA) is 38.0 Å². The molecule has 0 radical (unpaired) electrons. The first-order valence-corrected chi connectivity index (χ1v) is 7.08. The number of fused-ring (bicyclic) bond motifs is 1. The Morgan fingerprint density at radius 3 is 2.53 bits per heavy atom. The number of nitrogens with one attached hydrogen (secondary N) is 1. The average Bonchev–Trinajstić information content (AvgIpc) is 3.12. The minimum Gasteiger partial charge on any atom is -0.381 e. The quantitative estimate of drug-likeness (QED) is 0.812. The van der Waals surface area contributed by atoms with Crippen molar-refractivity contribution in [1.82, 2.24) is 0 Å². The molecule has 2 atom stereocenters. The zero-order valence-electron chi connectivity index (χ0n) is 10.1. The first-order chi connectivity index (χ1) is 8.86. The molecule has 104 valence electrons. The van der Waals surface area contributed by atoms with E-state index in [9.17, 15) is 13.2 Å². The van der Waals surface area contributed by atoms with Gasteiger partial charge in [-0.2, -0.15) is 13.2 Å². The molecule has 3 N–H and O–H groups in total. The Balaban J connectivity index is 2.00. The van der Waals surface area contributed by atoms with Crippen molar-refractivity contribution in [2.24, 2.45) is 11.7 Å². The van der Waals surface area contributed by atoms with E-state index in [4.69, 9.17) is 5.73 Å². The summed E-state index contributed by atoms with van der Waals surface area (Å²) >= 11 is 3.23. The van der Waals surface area contributed by atoms with E-state index < -0.39 is 11.7 Å². The molecule has 1 aliphatic heterocycles. The lowest BCUT2D eigenvalue weighted by atomic mass is 9.90. The molecule has 2 aliphatic rings. The fourth-order valence-electron chi connectivity index (χ4n) is 2.69. The number of alkyl halides is 3. The Hall–Kier alpha value is -0.750. The molecule has 1 aromatic carbocycles. The SMILES string of the molecule is NC1CC(C2CC2)Nc2c(Br)cc(C(F)(F)F)cc21. The lowest BCUT2D eigenvalue weighted by Gasteiger charge is -2.33. The number of benzene rings is 1. The second-order valence-electron chi connectivity index (χ2n) is 5.35.